The maximum absolute atomic E-state index is 11.7. The Labute approximate surface area is 98.8 Å². The first-order valence-corrected chi connectivity index (χ1v) is 5.86. The van der Waals surface area contributed by atoms with Gasteiger partial charge in [-0.3, -0.25) is 14.3 Å². The molecule has 0 spiro atoms. The van der Waals surface area contributed by atoms with Crippen molar-refractivity contribution in [3.8, 4) is 0 Å². The number of hydrogen-bond donors (Lipinski definition) is 3. The lowest BCUT2D eigenvalue weighted by Crippen LogP contribution is -2.35. The summed E-state index contributed by atoms with van der Waals surface area (Å²) in [4.78, 5) is 25.3. The number of aromatic amines is 1. The van der Waals surface area contributed by atoms with Crippen LogP contribution in [0.4, 0.5) is 11.5 Å². The third kappa shape index (κ3) is 2.07. The molecule has 1 aliphatic carbocycles. The molecule has 0 radical (unpaired) electrons. The second-order valence-electron chi connectivity index (χ2n) is 4.74. The maximum atomic E-state index is 11.7. The zero-order valence-electron chi connectivity index (χ0n) is 10.1. The number of rotatable bonds is 2. The van der Waals surface area contributed by atoms with Gasteiger partial charge in [0.1, 0.15) is 11.5 Å². The van der Waals surface area contributed by atoms with Crippen molar-refractivity contribution >= 4 is 11.5 Å². The van der Waals surface area contributed by atoms with Gasteiger partial charge in [-0.05, 0) is 18.8 Å². The van der Waals surface area contributed by atoms with Crippen molar-refractivity contribution in [2.75, 3.05) is 11.1 Å². The molecular weight excluding hydrogens is 220 g/mol. The van der Waals surface area contributed by atoms with Gasteiger partial charge in [0.05, 0.1) is 0 Å². The van der Waals surface area contributed by atoms with Crippen LogP contribution in [-0.2, 0) is 7.05 Å². The molecule has 0 amide bonds. The monoisotopic (exact) mass is 238 g/mol. The van der Waals surface area contributed by atoms with E-state index in [1.54, 1.807) is 0 Å². The largest absolute Gasteiger partial charge is 0.383 e. The van der Waals surface area contributed by atoms with Gasteiger partial charge in [0, 0.05) is 13.1 Å². The van der Waals surface area contributed by atoms with Gasteiger partial charge in [-0.25, -0.2) is 4.79 Å². The highest BCUT2D eigenvalue weighted by molar-refractivity contribution is 5.60. The van der Waals surface area contributed by atoms with Gasteiger partial charge in [-0.2, -0.15) is 0 Å². The molecule has 0 bridgehead atoms. The number of H-pyrrole nitrogens is 1. The Balaban J connectivity index is 2.36. The van der Waals surface area contributed by atoms with Crippen LogP contribution in [0.5, 0.6) is 0 Å². The summed E-state index contributed by atoms with van der Waals surface area (Å²) in [5.41, 5.74) is 5.17. The highest BCUT2D eigenvalue weighted by atomic mass is 16.2. The molecule has 17 heavy (non-hydrogen) atoms. The summed E-state index contributed by atoms with van der Waals surface area (Å²) in [7, 11) is 1.54. The first kappa shape index (κ1) is 11.8. The molecular formula is C11H18N4O2. The van der Waals surface area contributed by atoms with Crippen LogP contribution in [0.25, 0.3) is 0 Å². The van der Waals surface area contributed by atoms with E-state index in [4.69, 9.17) is 5.73 Å². The van der Waals surface area contributed by atoms with Crippen molar-refractivity contribution in [3.63, 3.8) is 0 Å². The van der Waals surface area contributed by atoms with Crippen molar-refractivity contribution < 1.29 is 0 Å². The smallest absolute Gasteiger partial charge is 0.329 e. The molecule has 6 nitrogen and oxygen atoms in total. The zero-order valence-corrected chi connectivity index (χ0v) is 10.1. The Hall–Kier alpha value is -1.72. The molecule has 2 atom stereocenters. The minimum absolute atomic E-state index is 0.192. The maximum Gasteiger partial charge on any atom is 0.329 e. The second-order valence-corrected chi connectivity index (χ2v) is 4.74. The van der Waals surface area contributed by atoms with Crippen LogP contribution in [0.15, 0.2) is 9.59 Å². The molecule has 1 aliphatic rings. The number of anilines is 2. The normalized spacial score (nSPS) is 23.9. The Morgan fingerprint density at radius 1 is 1.41 bits per heavy atom. The summed E-state index contributed by atoms with van der Waals surface area (Å²) in [6.45, 7) is 2.15. The van der Waals surface area contributed by atoms with Gasteiger partial charge < -0.3 is 11.1 Å². The molecule has 2 unspecified atom stereocenters. The van der Waals surface area contributed by atoms with E-state index in [-0.39, 0.29) is 11.9 Å². The van der Waals surface area contributed by atoms with Gasteiger partial charge in [0.15, 0.2) is 0 Å². The molecule has 1 aromatic heterocycles. The van der Waals surface area contributed by atoms with Gasteiger partial charge in [0.25, 0.3) is 5.56 Å². The van der Waals surface area contributed by atoms with Gasteiger partial charge >= 0.3 is 5.69 Å². The molecule has 0 saturated heterocycles. The summed E-state index contributed by atoms with van der Waals surface area (Å²) < 4.78 is 1.24. The molecule has 0 aromatic carbocycles. The standard InChI is InChI=1S/C11H18N4O2/c1-6-4-3-5-7(6)13-8-9(12)15(2)11(17)14-10(8)16/h6-7,13H,3-5,12H2,1-2H3,(H,14,16,17). The van der Waals surface area contributed by atoms with Crippen molar-refractivity contribution in [2.24, 2.45) is 13.0 Å². The molecule has 1 aromatic rings. The Bertz CT molecular complexity index is 531. The number of hydrogen-bond acceptors (Lipinski definition) is 4. The third-order valence-corrected chi connectivity index (χ3v) is 3.56. The predicted molar refractivity (Wildman–Crippen MR) is 67.1 cm³/mol. The molecule has 94 valence electrons. The topological polar surface area (TPSA) is 92.9 Å². The van der Waals surface area contributed by atoms with Gasteiger partial charge in [-0.1, -0.05) is 13.3 Å². The molecule has 1 fully saturated rings. The van der Waals surface area contributed by atoms with E-state index in [2.05, 4.69) is 17.2 Å². The first-order valence-electron chi connectivity index (χ1n) is 5.86. The van der Waals surface area contributed by atoms with Crippen molar-refractivity contribution in [3.05, 3.63) is 20.8 Å². The predicted octanol–water partition coefficient (Wildman–Crippen LogP) is 0.256. The fraction of sp³-hybridized carbons (Fsp3) is 0.636. The third-order valence-electron chi connectivity index (χ3n) is 3.56. The lowest BCUT2D eigenvalue weighted by molar-refractivity contribution is 0.555. The van der Waals surface area contributed by atoms with E-state index in [1.165, 1.54) is 11.6 Å². The second kappa shape index (κ2) is 4.27. The summed E-state index contributed by atoms with van der Waals surface area (Å²) in [6, 6.07) is 0.260. The van der Waals surface area contributed by atoms with E-state index >= 15 is 0 Å². The van der Waals surface area contributed by atoms with E-state index in [9.17, 15) is 9.59 Å². The van der Waals surface area contributed by atoms with Crippen molar-refractivity contribution in [1.82, 2.24) is 9.55 Å². The number of nitrogens with two attached hydrogens (primary N) is 1. The average Bonchev–Trinajstić information content (AvgIpc) is 2.67. The lowest BCUT2D eigenvalue weighted by Gasteiger charge is -2.19. The molecule has 0 aliphatic heterocycles. The van der Waals surface area contributed by atoms with Crippen molar-refractivity contribution in [1.29, 1.82) is 0 Å². The fourth-order valence-corrected chi connectivity index (χ4v) is 2.32. The lowest BCUT2D eigenvalue weighted by atomic mass is 10.1. The number of aromatic nitrogens is 2. The zero-order chi connectivity index (χ0) is 12.6. The molecule has 2 rings (SSSR count). The van der Waals surface area contributed by atoms with E-state index in [1.807, 2.05) is 0 Å². The van der Waals surface area contributed by atoms with E-state index in [0.29, 0.717) is 11.6 Å². The minimum Gasteiger partial charge on any atom is -0.383 e. The van der Waals surface area contributed by atoms with E-state index < -0.39 is 11.2 Å². The Morgan fingerprint density at radius 2 is 2.12 bits per heavy atom. The highest BCUT2D eigenvalue weighted by Gasteiger charge is 2.25. The van der Waals surface area contributed by atoms with Crippen LogP contribution >= 0.6 is 0 Å². The van der Waals surface area contributed by atoms with Crippen LogP contribution in [0.2, 0.25) is 0 Å². The van der Waals surface area contributed by atoms with Crippen molar-refractivity contribution in [2.45, 2.75) is 32.2 Å². The molecule has 6 heteroatoms. The Kier molecular flexibility index (Phi) is 2.95. The highest BCUT2D eigenvalue weighted by Crippen LogP contribution is 2.28. The number of nitrogens with one attached hydrogen (secondary N) is 2. The average molecular weight is 238 g/mol. The minimum atomic E-state index is -0.488. The Morgan fingerprint density at radius 3 is 2.71 bits per heavy atom. The first-order chi connectivity index (χ1) is 8.00. The SMILES string of the molecule is CC1CCCC1Nc1c(N)n(C)c(=O)[nH]c1=O. The summed E-state index contributed by atoms with van der Waals surface area (Å²) >= 11 is 0. The number of nitrogens with zero attached hydrogens (tertiary/aromatic N) is 1. The van der Waals surface area contributed by atoms with E-state index in [0.717, 1.165) is 19.3 Å². The van der Waals surface area contributed by atoms with Crippen LogP contribution in [0, 0.1) is 5.92 Å². The van der Waals surface area contributed by atoms with Gasteiger partial charge in [0.2, 0.25) is 0 Å². The quantitative estimate of drug-likeness (QED) is 0.689. The summed E-state index contributed by atoms with van der Waals surface area (Å²) in [6.07, 6.45) is 3.34. The summed E-state index contributed by atoms with van der Waals surface area (Å²) in [5.74, 6) is 0.712. The van der Waals surface area contributed by atoms with Crippen LogP contribution in [-0.4, -0.2) is 15.6 Å². The van der Waals surface area contributed by atoms with Gasteiger partial charge in [-0.15, -0.1) is 0 Å². The molecule has 1 heterocycles. The van der Waals surface area contributed by atoms with Crippen LogP contribution < -0.4 is 22.3 Å². The fourth-order valence-electron chi connectivity index (χ4n) is 2.32. The molecule has 4 N–H and O–H groups in total. The molecule has 1 saturated carbocycles. The van der Waals surface area contributed by atoms with Crippen LogP contribution in [0.3, 0.4) is 0 Å². The van der Waals surface area contributed by atoms with Crippen LogP contribution in [0.1, 0.15) is 26.2 Å². The number of nitrogen functional groups attached to an aromatic ring is 1. The summed E-state index contributed by atoms with van der Waals surface area (Å²) in [5, 5.41) is 3.17.